The van der Waals surface area contributed by atoms with Gasteiger partial charge in [-0.05, 0) is 32.9 Å². The summed E-state index contributed by atoms with van der Waals surface area (Å²) in [5, 5.41) is 0. The lowest BCUT2D eigenvalue weighted by Gasteiger charge is -2.18. The first-order valence-electron chi connectivity index (χ1n) is 5.72. The molecule has 0 aromatic carbocycles. The quantitative estimate of drug-likeness (QED) is 0.648. The third kappa shape index (κ3) is 7.68. The summed E-state index contributed by atoms with van der Waals surface area (Å²) in [6.07, 6.45) is 1.64. The Labute approximate surface area is 97.8 Å². The van der Waals surface area contributed by atoms with E-state index in [1.165, 1.54) is 0 Å². The molecule has 0 saturated heterocycles. The Morgan fingerprint density at radius 3 is 2.47 bits per heavy atom. The minimum absolute atomic E-state index is 0.258. The van der Waals surface area contributed by atoms with Crippen LogP contribution in [0, 0.1) is 0 Å². The van der Waals surface area contributed by atoms with Crippen molar-refractivity contribution in [3.05, 3.63) is 0 Å². The molecule has 0 aliphatic carbocycles. The molecule has 2 N–H and O–H groups in total. The molecule has 1 unspecified atom stereocenters. The van der Waals surface area contributed by atoms with Gasteiger partial charge in [-0.25, -0.2) is 0 Å². The number of thioether (sulfide) groups is 1. The fourth-order valence-corrected chi connectivity index (χ4v) is 2.22. The van der Waals surface area contributed by atoms with Crippen molar-refractivity contribution in [2.24, 2.45) is 5.73 Å². The van der Waals surface area contributed by atoms with Crippen molar-refractivity contribution in [1.82, 2.24) is 4.90 Å². The van der Waals surface area contributed by atoms with Gasteiger partial charge in [-0.15, -0.1) is 0 Å². The normalized spacial score (nSPS) is 12.5. The highest BCUT2D eigenvalue weighted by Gasteiger charge is 2.08. The second-order valence-electron chi connectivity index (χ2n) is 3.72. The average Bonchev–Trinajstić information content (AvgIpc) is 2.18. The van der Waals surface area contributed by atoms with Crippen molar-refractivity contribution < 1.29 is 4.79 Å². The van der Waals surface area contributed by atoms with E-state index in [9.17, 15) is 4.79 Å². The molecular weight excluding hydrogens is 208 g/mol. The molecule has 0 aliphatic rings. The maximum Gasteiger partial charge on any atom is 0.222 e. The molecule has 0 spiro atoms. The molecule has 0 aliphatic heterocycles. The van der Waals surface area contributed by atoms with Crippen LogP contribution in [0.15, 0.2) is 0 Å². The van der Waals surface area contributed by atoms with Gasteiger partial charge in [-0.3, -0.25) is 4.79 Å². The van der Waals surface area contributed by atoms with Crippen molar-refractivity contribution in [1.29, 1.82) is 0 Å². The van der Waals surface area contributed by atoms with Gasteiger partial charge in [0.25, 0.3) is 0 Å². The summed E-state index contributed by atoms with van der Waals surface area (Å²) in [7, 11) is 0. The van der Waals surface area contributed by atoms with Gasteiger partial charge in [0.2, 0.25) is 5.91 Å². The number of carbonyl (C=O) groups excluding carboxylic acids is 1. The fourth-order valence-electron chi connectivity index (χ4n) is 1.33. The first-order valence-corrected chi connectivity index (χ1v) is 6.88. The van der Waals surface area contributed by atoms with E-state index in [4.69, 9.17) is 5.73 Å². The van der Waals surface area contributed by atoms with Gasteiger partial charge >= 0.3 is 0 Å². The molecule has 4 heteroatoms. The highest BCUT2D eigenvalue weighted by atomic mass is 32.2. The number of nitrogens with two attached hydrogens (primary N) is 1. The van der Waals surface area contributed by atoms with Crippen LogP contribution in [0.5, 0.6) is 0 Å². The SMILES string of the molecule is CCN(CC)C(=O)CCCSCC(C)N. The van der Waals surface area contributed by atoms with Gasteiger partial charge in [0.15, 0.2) is 0 Å². The van der Waals surface area contributed by atoms with Crippen LogP contribution < -0.4 is 5.73 Å². The van der Waals surface area contributed by atoms with Crippen LogP contribution in [-0.2, 0) is 4.79 Å². The summed E-state index contributed by atoms with van der Waals surface area (Å²) in [6, 6.07) is 0.258. The number of hydrogen-bond donors (Lipinski definition) is 1. The highest BCUT2D eigenvalue weighted by Crippen LogP contribution is 2.07. The van der Waals surface area contributed by atoms with E-state index in [1.54, 1.807) is 0 Å². The van der Waals surface area contributed by atoms with Gasteiger partial charge in [-0.2, -0.15) is 11.8 Å². The summed E-state index contributed by atoms with van der Waals surface area (Å²) in [6.45, 7) is 7.69. The van der Waals surface area contributed by atoms with Gasteiger partial charge in [0, 0.05) is 31.3 Å². The molecule has 0 radical (unpaired) electrons. The zero-order chi connectivity index (χ0) is 11.7. The standard InChI is InChI=1S/C11H24N2OS/c1-4-13(5-2)11(14)7-6-8-15-9-10(3)12/h10H,4-9,12H2,1-3H3. The Kier molecular flexibility index (Phi) is 8.91. The van der Waals surface area contributed by atoms with E-state index in [0.29, 0.717) is 6.42 Å². The number of nitrogens with zero attached hydrogens (tertiary/aromatic N) is 1. The van der Waals surface area contributed by atoms with Crippen molar-refractivity contribution in [3.63, 3.8) is 0 Å². The maximum absolute atomic E-state index is 11.6. The third-order valence-electron chi connectivity index (χ3n) is 2.18. The van der Waals surface area contributed by atoms with Gasteiger partial charge in [0.1, 0.15) is 0 Å². The first kappa shape index (κ1) is 14.8. The number of amides is 1. The molecule has 0 saturated carbocycles. The largest absolute Gasteiger partial charge is 0.343 e. The molecule has 1 atom stereocenters. The number of carbonyl (C=O) groups is 1. The monoisotopic (exact) mass is 232 g/mol. The minimum atomic E-state index is 0.258. The van der Waals surface area contributed by atoms with E-state index in [1.807, 2.05) is 37.4 Å². The molecule has 0 heterocycles. The molecule has 0 fully saturated rings. The van der Waals surface area contributed by atoms with Crippen molar-refractivity contribution in [2.75, 3.05) is 24.6 Å². The van der Waals surface area contributed by atoms with E-state index in [-0.39, 0.29) is 11.9 Å². The van der Waals surface area contributed by atoms with Crippen LogP contribution >= 0.6 is 11.8 Å². The Balaban J connectivity index is 3.46. The summed E-state index contributed by atoms with van der Waals surface area (Å²) >= 11 is 1.83. The van der Waals surface area contributed by atoms with E-state index < -0.39 is 0 Å². The summed E-state index contributed by atoms with van der Waals surface area (Å²) in [5.41, 5.74) is 5.63. The highest BCUT2D eigenvalue weighted by molar-refractivity contribution is 7.99. The van der Waals surface area contributed by atoms with Crippen LogP contribution in [0.1, 0.15) is 33.6 Å². The average molecular weight is 232 g/mol. The number of hydrogen-bond acceptors (Lipinski definition) is 3. The summed E-state index contributed by atoms with van der Waals surface area (Å²) in [4.78, 5) is 13.5. The van der Waals surface area contributed by atoms with E-state index in [2.05, 4.69) is 0 Å². The van der Waals surface area contributed by atoms with Crippen LogP contribution in [0.4, 0.5) is 0 Å². The molecule has 0 rings (SSSR count). The van der Waals surface area contributed by atoms with Crippen molar-refractivity contribution in [3.8, 4) is 0 Å². The van der Waals surface area contributed by atoms with Crippen molar-refractivity contribution >= 4 is 17.7 Å². The molecule has 1 amide bonds. The second kappa shape index (κ2) is 9.04. The topological polar surface area (TPSA) is 46.3 Å². The maximum atomic E-state index is 11.6. The Morgan fingerprint density at radius 1 is 1.40 bits per heavy atom. The predicted molar refractivity (Wildman–Crippen MR) is 68.1 cm³/mol. The van der Waals surface area contributed by atoms with E-state index in [0.717, 1.165) is 31.0 Å². The molecule has 3 nitrogen and oxygen atoms in total. The summed E-state index contributed by atoms with van der Waals surface area (Å²) < 4.78 is 0. The lowest BCUT2D eigenvalue weighted by Crippen LogP contribution is -2.30. The molecule has 90 valence electrons. The molecule has 0 aromatic heterocycles. The number of rotatable bonds is 8. The van der Waals surface area contributed by atoms with Gasteiger partial charge in [-0.1, -0.05) is 0 Å². The molecule has 15 heavy (non-hydrogen) atoms. The Morgan fingerprint density at radius 2 is 2.00 bits per heavy atom. The minimum Gasteiger partial charge on any atom is -0.343 e. The summed E-state index contributed by atoms with van der Waals surface area (Å²) in [5.74, 6) is 2.30. The zero-order valence-electron chi connectivity index (χ0n) is 10.2. The second-order valence-corrected chi connectivity index (χ2v) is 4.87. The van der Waals surface area contributed by atoms with Crippen molar-refractivity contribution in [2.45, 2.75) is 39.7 Å². The van der Waals surface area contributed by atoms with Crippen LogP contribution in [0.2, 0.25) is 0 Å². The van der Waals surface area contributed by atoms with E-state index >= 15 is 0 Å². The van der Waals surface area contributed by atoms with Crippen LogP contribution in [0.25, 0.3) is 0 Å². The van der Waals surface area contributed by atoms with Gasteiger partial charge in [0.05, 0.1) is 0 Å². The lowest BCUT2D eigenvalue weighted by atomic mass is 10.3. The zero-order valence-corrected chi connectivity index (χ0v) is 11.0. The molecule has 0 bridgehead atoms. The Bertz CT molecular complexity index is 170. The van der Waals surface area contributed by atoms with Crippen LogP contribution in [0.3, 0.4) is 0 Å². The third-order valence-corrected chi connectivity index (χ3v) is 3.52. The molecule has 0 aromatic rings. The fraction of sp³-hybridized carbons (Fsp3) is 0.909. The predicted octanol–water partition coefficient (Wildman–Crippen LogP) is 1.72. The molecular formula is C11H24N2OS. The van der Waals surface area contributed by atoms with Crippen LogP contribution in [-0.4, -0.2) is 41.4 Å². The lowest BCUT2D eigenvalue weighted by molar-refractivity contribution is -0.130. The first-order chi connectivity index (χ1) is 7.11. The van der Waals surface area contributed by atoms with Gasteiger partial charge < -0.3 is 10.6 Å². The smallest absolute Gasteiger partial charge is 0.222 e. The Hall–Kier alpha value is -0.220.